The molecule has 1 aliphatic rings. The molecule has 25 heavy (non-hydrogen) atoms. The van der Waals surface area contributed by atoms with Gasteiger partial charge in [-0.15, -0.1) is 10.2 Å². The molecule has 9 nitrogen and oxygen atoms in total. The number of nitrogens with one attached hydrogen (secondary N) is 2. The van der Waals surface area contributed by atoms with E-state index in [1.54, 1.807) is 4.90 Å². The van der Waals surface area contributed by atoms with Crippen molar-refractivity contribution in [2.45, 2.75) is 33.6 Å². The molecule has 0 bridgehead atoms. The molecule has 1 fully saturated rings. The van der Waals surface area contributed by atoms with Crippen LogP contribution in [0.2, 0.25) is 0 Å². The number of sulfonamides is 1. The van der Waals surface area contributed by atoms with Gasteiger partial charge in [0.15, 0.2) is 0 Å². The van der Waals surface area contributed by atoms with Crippen molar-refractivity contribution < 1.29 is 18.0 Å². The molecule has 2 heterocycles. The Balaban J connectivity index is 1.98. The van der Waals surface area contributed by atoms with Crippen molar-refractivity contribution in [2.75, 3.05) is 29.4 Å². The zero-order valence-corrected chi connectivity index (χ0v) is 16.3. The molecule has 1 aromatic heterocycles. The summed E-state index contributed by atoms with van der Waals surface area (Å²) >= 11 is 0.938. The first kappa shape index (κ1) is 19.6. The highest BCUT2D eigenvalue weighted by Gasteiger charge is 2.33. The average Bonchev–Trinajstić information content (AvgIpc) is 2.90. The lowest BCUT2D eigenvalue weighted by Gasteiger charge is -2.35. The average molecular weight is 390 g/mol. The van der Waals surface area contributed by atoms with E-state index >= 15 is 0 Å². The van der Waals surface area contributed by atoms with Gasteiger partial charge in [-0.3, -0.25) is 14.3 Å². The van der Waals surface area contributed by atoms with E-state index in [4.69, 9.17) is 0 Å². The van der Waals surface area contributed by atoms with Gasteiger partial charge in [0.25, 0.3) is 0 Å². The zero-order valence-electron chi connectivity index (χ0n) is 14.7. The summed E-state index contributed by atoms with van der Waals surface area (Å²) in [4.78, 5) is 26.5. The maximum absolute atomic E-state index is 12.4. The molecule has 1 unspecified atom stereocenters. The minimum atomic E-state index is -3.44. The molecule has 1 aliphatic heterocycles. The van der Waals surface area contributed by atoms with Crippen LogP contribution in [0, 0.1) is 11.3 Å². The van der Waals surface area contributed by atoms with Gasteiger partial charge in [0.1, 0.15) is 0 Å². The Morgan fingerprint density at radius 3 is 2.48 bits per heavy atom. The van der Waals surface area contributed by atoms with Gasteiger partial charge in [0.05, 0.1) is 12.2 Å². The highest BCUT2D eigenvalue weighted by molar-refractivity contribution is 7.92. The van der Waals surface area contributed by atoms with Crippen LogP contribution in [-0.2, 0) is 19.6 Å². The van der Waals surface area contributed by atoms with E-state index < -0.39 is 15.4 Å². The molecule has 0 radical (unpaired) electrons. The maximum atomic E-state index is 12.4. The predicted molar refractivity (Wildman–Crippen MR) is 95.8 cm³/mol. The monoisotopic (exact) mass is 389 g/mol. The van der Waals surface area contributed by atoms with Crippen LogP contribution in [0.5, 0.6) is 0 Å². The minimum Gasteiger partial charge on any atom is -0.341 e. The second-order valence-electron chi connectivity index (χ2n) is 7.12. The molecule has 1 atom stereocenters. The van der Waals surface area contributed by atoms with Crippen LogP contribution in [0.25, 0.3) is 0 Å². The highest BCUT2D eigenvalue weighted by Crippen LogP contribution is 2.26. The minimum absolute atomic E-state index is 0.0283. The van der Waals surface area contributed by atoms with Gasteiger partial charge in [-0.1, -0.05) is 32.1 Å². The van der Waals surface area contributed by atoms with Crippen LogP contribution < -0.4 is 10.0 Å². The molecule has 1 saturated heterocycles. The summed E-state index contributed by atoms with van der Waals surface area (Å²) in [5, 5.41) is 10.4. The normalized spacial score (nSPS) is 18.7. The van der Waals surface area contributed by atoms with Gasteiger partial charge in [-0.05, 0) is 12.8 Å². The number of hydrogen-bond acceptors (Lipinski definition) is 7. The lowest BCUT2D eigenvalue weighted by atomic mass is 9.91. The van der Waals surface area contributed by atoms with Crippen molar-refractivity contribution in [3.8, 4) is 0 Å². The van der Waals surface area contributed by atoms with Crippen LogP contribution in [-0.4, -0.2) is 54.7 Å². The lowest BCUT2D eigenvalue weighted by Crippen LogP contribution is -2.47. The summed E-state index contributed by atoms with van der Waals surface area (Å²) in [6.45, 7) is 6.60. The number of carbonyl (C=O) groups excluding carboxylic acids is 2. The number of aromatic nitrogens is 2. The van der Waals surface area contributed by atoms with Crippen molar-refractivity contribution in [1.82, 2.24) is 15.1 Å². The van der Waals surface area contributed by atoms with E-state index in [2.05, 4.69) is 20.2 Å². The molecule has 11 heteroatoms. The molecule has 2 rings (SSSR count). The third-order valence-corrected chi connectivity index (χ3v) is 5.10. The molecule has 0 aliphatic carbocycles. The van der Waals surface area contributed by atoms with Crippen molar-refractivity contribution in [3.05, 3.63) is 0 Å². The van der Waals surface area contributed by atoms with E-state index in [0.717, 1.165) is 24.0 Å². The third kappa shape index (κ3) is 5.63. The van der Waals surface area contributed by atoms with E-state index in [-0.39, 0.29) is 28.0 Å². The Morgan fingerprint density at radius 2 is 1.88 bits per heavy atom. The van der Waals surface area contributed by atoms with Crippen LogP contribution >= 0.6 is 11.3 Å². The second-order valence-corrected chi connectivity index (χ2v) is 9.84. The number of carbonyl (C=O) groups is 2. The van der Waals surface area contributed by atoms with Crippen molar-refractivity contribution in [2.24, 2.45) is 11.3 Å². The van der Waals surface area contributed by atoms with E-state index in [9.17, 15) is 18.0 Å². The van der Waals surface area contributed by atoms with E-state index in [0.29, 0.717) is 19.5 Å². The van der Waals surface area contributed by atoms with Gasteiger partial charge >= 0.3 is 0 Å². The van der Waals surface area contributed by atoms with E-state index in [1.807, 2.05) is 20.8 Å². The molecule has 0 aromatic carbocycles. The molecule has 140 valence electrons. The summed E-state index contributed by atoms with van der Waals surface area (Å²) in [5.74, 6) is -0.538. The standard InChI is InChI=1S/C14H23N5O4S2/c1-14(2,3)11(21)19-7-5-6-9(8-19)10(20)15-12-16-17-13(24-12)18-25(4,22)23/h9H,5-8H2,1-4H3,(H,17,18)(H,15,16,20). The maximum Gasteiger partial charge on any atom is 0.231 e. The fourth-order valence-electron chi connectivity index (χ4n) is 2.53. The summed E-state index contributed by atoms with van der Waals surface area (Å²) < 4.78 is 24.5. The number of amides is 2. The molecular formula is C14H23N5O4S2. The number of anilines is 2. The largest absolute Gasteiger partial charge is 0.341 e. The van der Waals surface area contributed by atoms with Crippen LogP contribution in [0.4, 0.5) is 10.3 Å². The summed E-state index contributed by atoms with van der Waals surface area (Å²) in [5.41, 5.74) is -0.482. The first-order valence-electron chi connectivity index (χ1n) is 7.87. The first-order chi connectivity index (χ1) is 11.5. The van der Waals surface area contributed by atoms with Gasteiger partial charge in [0, 0.05) is 18.5 Å². The van der Waals surface area contributed by atoms with Gasteiger partial charge in [0.2, 0.25) is 32.1 Å². The van der Waals surface area contributed by atoms with Crippen LogP contribution in [0.15, 0.2) is 0 Å². The molecule has 0 spiro atoms. The second kappa shape index (κ2) is 7.24. The Hall–Kier alpha value is -1.75. The topological polar surface area (TPSA) is 121 Å². The lowest BCUT2D eigenvalue weighted by molar-refractivity contribution is -0.142. The molecule has 1 aromatic rings. The fraction of sp³-hybridized carbons (Fsp3) is 0.714. The highest BCUT2D eigenvalue weighted by atomic mass is 32.2. The van der Waals surface area contributed by atoms with Gasteiger partial charge < -0.3 is 10.2 Å². The fourth-order valence-corrected chi connectivity index (χ4v) is 4.01. The summed E-state index contributed by atoms with van der Waals surface area (Å²) in [6, 6.07) is 0. The van der Waals surface area contributed by atoms with Crippen LogP contribution in [0.3, 0.4) is 0 Å². The van der Waals surface area contributed by atoms with Crippen molar-refractivity contribution in [1.29, 1.82) is 0 Å². The smallest absolute Gasteiger partial charge is 0.231 e. The van der Waals surface area contributed by atoms with E-state index in [1.165, 1.54) is 0 Å². The number of nitrogens with zero attached hydrogens (tertiary/aromatic N) is 3. The Morgan fingerprint density at radius 1 is 1.24 bits per heavy atom. The molecule has 0 saturated carbocycles. The molecule has 2 amide bonds. The summed E-state index contributed by atoms with van der Waals surface area (Å²) in [7, 11) is -3.44. The van der Waals surface area contributed by atoms with Crippen molar-refractivity contribution >= 4 is 43.4 Å². The first-order valence-corrected chi connectivity index (χ1v) is 10.6. The number of likely N-dealkylation sites (tertiary alicyclic amines) is 1. The Labute approximate surface area is 151 Å². The Bertz CT molecular complexity index is 754. The molecular weight excluding hydrogens is 366 g/mol. The van der Waals surface area contributed by atoms with Crippen molar-refractivity contribution in [3.63, 3.8) is 0 Å². The zero-order chi connectivity index (χ0) is 18.8. The molecule has 2 N–H and O–H groups in total. The third-order valence-electron chi connectivity index (χ3n) is 3.65. The van der Waals surface area contributed by atoms with Gasteiger partial charge in [-0.25, -0.2) is 8.42 Å². The number of hydrogen-bond donors (Lipinski definition) is 2. The predicted octanol–water partition coefficient (Wildman–Crippen LogP) is 1.13. The number of rotatable bonds is 4. The van der Waals surface area contributed by atoms with Crippen LogP contribution in [0.1, 0.15) is 33.6 Å². The summed E-state index contributed by atoms with van der Waals surface area (Å²) in [6.07, 6.45) is 2.46. The Kier molecular flexibility index (Phi) is 5.67. The SMILES string of the molecule is CC(C)(C)C(=O)N1CCCC(C(=O)Nc2nnc(NS(C)(=O)=O)s2)C1. The number of piperidine rings is 1. The quantitative estimate of drug-likeness (QED) is 0.796. The van der Waals surface area contributed by atoms with Gasteiger partial charge in [-0.2, -0.15) is 0 Å².